The Morgan fingerprint density at radius 3 is 2.90 bits per heavy atom. The number of hydrogen-bond donors (Lipinski definition) is 1. The standard InChI is InChI=1S/C14H14ClFN2OS/c1-14(8-17,9-2-3-9)18-13(19)7-20-10-4-5-12(16)11(15)6-10/h4-6,9H,2-3,7H2,1H3,(H,18,19)/t14-/m1/s1. The predicted octanol–water partition coefficient (Wildman–Crippen LogP) is 3.38. The molecule has 1 amide bonds. The van der Waals surface area contributed by atoms with Crippen LogP contribution in [0.15, 0.2) is 23.1 Å². The van der Waals surface area contributed by atoms with Crippen molar-refractivity contribution in [2.24, 2.45) is 5.92 Å². The smallest absolute Gasteiger partial charge is 0.231 e. The molecule has 0 unspecified atom stereocenters. The van der Waals surface area contributed by atoms with E-state index in [1.54, 1.807) is 13.0 Å². The highest BCUT2D eigenvalue weighted by atomic mass is 35.5. The molecule has 0 spiro atoms. The highest BCUT2D eigenvalue weighted by Gasteiger charge is 2.42. The Hall–Kier alpha value is -1.25. The van der Waals surface area contributed by atoms with Crippen LogP contribution in [-0.4, -0.2) is 17.2 Å². The van der Waals surface area contributed by atoms with Crippen molar-refractivity contribution in [1.82, 2.24) is 5.32 Å². The van der Waals surface area contributed by atoms with Gasteiger partial charge in [0, 0.05) is 4.90 Å². The summed E-state index contributed by atoms with van der Waals surface area (Å²) in [6.45, 7) is 1.75. The number of nitriles is 1. The first-order valence-corrected chi connectivity index (χ1v) is 7.61. The average molecular weight is 313 g/mol. The van der Waals surface area contributed by atoms with Crippen molar-refractivity contribution in [3.05, 3.63) is 29.0 Å². The topological polar surface area (TPSA) is 52.9 Å². The molecule has 3 nitrogen and oxygen atoms in total. The number of nitrogens with zero attached hydrogens (tertiary/aromatic N) is 1. The van der Waals surface area contributed by atoms with Crippen molar-refractivity contribution in [3.63, 3.8) is 0 Å². The number of carbonyl (C=O) groups is 1. The third-order valence-corrected chi connectivity index (χ3v) is 4.57. The first-order chi connectivity index (χ1) is 9.44. The molecule has 1 aliphatic rings. The van der Waals surface area contributed by atoms with E-state index in [-0.39, 0.29) is 22.6 Å². The van der Waals surface area contributed by atoms with Crippen LogP contribution >= 0.6 is 23.4 Å². The summed E-state index contributed by atoms with van der Waals surface area (Å²) in [6.07, 6.45) is 1.95. The molecule has 1 aromatic carbocycles. The van der Waals surface area contributed by atoms with Crippen LogP contribution in [0.2, 0.25) is 5.02 Å². The number of halogens is 2. The zero-order valence-electron chi connectivity index (χ0n) is 11.0. The van der Waals surface area contributed by atoms with Gasteiger partial charge in [-0.2, -0.15) is 5.26 Å². The lowest BCUT2D eigenvalue weighted by Gasteiger charge is -2.22. The van der Waals surface area contributed by atoms with Crippen LogP contribution in [0, 0.1) is 23.1 Å². The van der Waals surface area contributed by atoms with Crippen LogP contribution < -0.4 is 5.32 Å². The summed E-state index contributed by atoms with van der Waals surface area (Å²) < 4.78 is 13.0. The minimum atomic E-state index is -0.780. The molecule has 0 radical (unpaired) electrons. The van der Waals surface area contributed by atoms with Gasteiger partial charge in [0.1, 0.15) is 11.4 Å². The Labute approximate surface area is 126 Å². The Morgan fingerprint density at radius 1 is 1.65 bits per heavy atom. The van der Waals surface area contributed by atoms with E-state index in [1.165, 1.54) is 23.9 Å². The van der Waals surface area contributed by atoms with E-state index in [9.17, 15) is 9.18 Å². The molecule has 20 heavy (non-hydrogen) atoms. The van der Waals surface area contributed by atoms with E-state index >= 15 is 0 Å². The van der Waals surface area contributed by atoms with Gasteiger partial charge in [-0.15, -0.1) is 11.8 Å². The number of benzene rings is 1. The molecule has 0 aromatic heterocycles. The minimum absolute atomic E-state index is 0.0373. The molecule has 1 atom stereocenters. The Morgan fingerprint density at radius 2 is 2.35 bits per heavy atom. The molecule has 1 aromatic rings. The van der Waals surface area contributed by atoms with Crippen LogP contribution in [0.25, 0.3) is 0 Å². The van der Waals surface area contributed by atoms with Gasteiger partial charge in [0.25, 0.3) is 0 Å². The van der Waals surface area contributed by atoms with Gasteiger partial charge in [-0.05, 0) is 43.9 Å². The fourth-order valence-electron chi connectivity index (χ4n) is 1.92. The minimum Gasteiger partial charge on any atom is -0.337 e. The maximum absolute atomic E-state index is 13.0. The highest BCUT2D eigenvalue weighted by molar-refractivity contribution is 8.00. The third-order valence-electron chi connectivity index (χ3n) is 3.29. The summed E-state index contributed by atoms with van der Waals surface area (Å²) in [5.74, 6) is -0.259. The zero-order chi connectivity index (χ0) is 14.8. The Bertz CT molecular complexity index is 571. The summed E-state index contributed by atoms with van der Waals surface area (Å²) in [6, 6.07) is 6.50. The van der Waals surface area contributed by atoms with E-state index in [0.717, 1.165) is 17.7 Å². The number of thioether (sulfide) groups is 1. The van der Waals surface area contributed by atoms with Crippen molar-refractivity contribution in [2.75, 3.05) is 5.75 Å². The quantitative estimate of drug-likeness (QED) is 0.848. The molecule has 6 heteroatoms. The summed E-state index contributed by atoms with van der Waals surface area (Å²) in [4.78, 5) is 12.6. The Balaban J connectivity index is 1.89. The number of carbonyl (C=O) groups excluding carboxylic acids is 1. The van der Waals surface area contributed by atoms with Gasteiger partial charge in [0.15, 0.2) is 0 Å². The molecule has 0 saturated heterocycles. The van der Waals surface area contributed by atoms with Gasteiger partial charge in [-0.3, -0.25) is 4.79 Å². The lowest BCUT2D eigenvalue weighted by atomic mass is 9.98. The van der Waals surface area contributed by atoms with E-state index in [2.05, 4.69) is 11.4 Å². The summed E-state index contributed by atoms with van der Waals surface area (Å²) in [5.41, 5.74) is -0.780. The van der Waals surface area contributed by atoms with Crippen molar-refractivity contribution in [3.8, 4) is 6.07 Å². The average Bonchev–Trinajstić information content (AvgIpc) is 3.25. The van der Waals surface area contributed by atoms with Crippen molar-refractivity contribution in [1.29, 1.82) is 5.26 Å². The Kier molecular flexibility index (Phi) is 4.56. The molecule has 1 saturated carbocycles. The van der Waals surface area contributed by atoms with Gasteiger partial charge in [0.2, 0.25) is 5.91 Å². The SMILES string of the molecule is C[C@](C#N)(NC(=O)CSc1ccc(F)c(Cl)c1)C1CC1. The van der Waals surface area contributed by atoms with E-state index in [1.807, 2.05) is 0 Å². The summed E-state index contributed by atoms with van der Waals surface area (Å²) >= 11 is 6.94. The van der Waals surface area contributed by atoms with Gasteiger partial charge >= 0.3 is 0 Å². The normalized spacial score (nSPS) is 17.1. The number of hydrogen-bond acceptors (Lipinski definition) is 3. The van der Waals surface area contributed by atoms with Gasteiger partial charge in [-0.1, -0.05) is 11.6 Å². The summed E-state index contributed by atoms with van der Waals surface area (Å²) in [5, 5.41) is 12.0. The third kappa shape index (κ3) is 3.65. The first-order valence-electron chi connectivity index (χ1n) is 6.25. The van der Waals surface area contributed by atoms with E-state index in [4.69, 9.17) is 16.9 Å². The lowest BCUT2D eigenvalue weighted by Crippen LogP contribution is -2.47. The zero-order valence-corrected chi connectivity index (χ0v) is 12.5. The fraction of sp³-hybridized carbons (Fsp3) is 0.429. The monoisotopic (exact) mass is 312 g/mol. The summed E-state index contributed by atoms with van der Waals surface area (Å²) in [7, 11) is 0. The molecule has 1 aliphatic carbocycles. The van der Waals surface area contributed by atoms with E-state index in [0.29, 0.717) is 0 Å². The molecule has 0 bridgehead atoms. The maximum atomic E-state index is 13.0. The second-order valence-corrected chi connectivity index (χ2v) is 6.46. The first kappa shape index (κ1) is 15.1. The van der Waals surface area contributed by atoms with Crippen LogP contribution in [0.4, 0.5) is 4.39 Å². The van der Waals surface area contributed by atoms with Crippen LogP contribution in [-0.2, 0) is 4.79 Å². The van der Waals surface area contributed by atoms with Gasteiger partial charge in [-0.25, -0.2) is 4.39 Å². The van der Waals surface area contributed by atoms with Crippen molar-refractivity contribution >= 4 is 29.3 Å². The van der Waals surface area contributed by atoms with Crippen LogP contribution in [0.3, 0.4) is 0 Å². The maximum Gasteiger partial charge on any atom is 0.231 e. The predicted molar refractivity (Wildman–Crippen MR) is 77.0 cm³/mol. The highest BCUT2D eigenvalue weighted by Crippen LogP contribution is 2.39. The molecule has 0 aliphatic heterocycles. The number of nitrogens with one attached hydrogen (secondary N) is 1. The van der Waals surface area contributed by atoms with Crippen molar-refractivity contribution < 1.29 is 9.18 Å². The van der Waals surface area contributed by atoms with Crippen LogP contribution in [0.1, 0.15) is 19.8 Å². The largest absolute Gasteiger partial charge is 0.337 e. The molecule has 106 valence electrons. The second-order valence-electron chi connectivity index (χ2n) is 5.00. The molecular weight excluding hydrogens is 299 g/mol. The molecule has 1 N–H and O–H groups in total. The van der Waals surface area contributed by atoms with E-state index < -0.39 is 11.4 Å². The van der Waals surface area contributed by atoms with Crippen molar-refractivity contribution in [2.45, 2.75) is 30.2 Å². The number of amides is 1. The second kappa shape index (κ2) is 6.02. The molecule has 0 heterocycles. The van der Waals surface area contributed by atoms with Gasteiger partial charge in [0.05, 0.1) is 16.8 Å². The van der Waals surface area contributed by atoms with Crippen LogP contribution in [0.5, 0.6) is 0 Å². The molecule has 2 rings (SSSR count). The fourth-order valence-corrected chi connectivity index (χ4v) is 2.90. The molecule has 1 fully saturated rings. The number of rotatable bonds is 5. The molecular formula is C14H14ClFN2OS. The lowest BCUT2D eigenvalue weighted by molar-refractivity contribution is -0.119. The van der Waals surface area contributed by atoms with Gasteiger partial charge < -0.3 is 5.32 Å².